The fourth-order valence-electron chi connectivity index (χ4n) is 4.81. The summed E-state index contributed by atoms with van der Waals surface area (Å²) in [6, 6.07) is 5.00. The molecular weight excluding hydrogens is 525 g/mol. The largest absolute Gasteiger partial charge is 0.444 e. The maximum atomic E-state index is 13.5. The van der Waals surface area contributed by atoms with E-state index in [4.69, 9.17) is 9.72 Å². The molecule has 0 aliphatic carbocycles. The van der Waals surface area contributed by atoms with Gasteiger partial charge < -0.3 is 14.2 Å². The zero-order valence-electron chi connectivity index (χ0n) is 22.5. The number of anilines is 1. The summed E-state index contributed by atoms with van der Waals surface area (Å²) in [4.78, 5) is 53.4. The lowest BCUT2D eigenvalue weighted by atomic mass is 10.1. The third-order valence-electron chi connectivity index (χ3n) is 6.61. The number of rotatable bonds is 3. The predicted molar refractivity (Wildman–Crippen MR) is 142 cm³/mol. The van der Waals surface area contributed by atoms with Crippen LogP contribution < -0.4 is 4.90 Å². The lowest BCUT2D eigenvalue weighted by molar-refractivity contribution is -0.121. The monoisotopic (exact) mass is 555 g/mol. The van der Waals surface area contributed by atoms with E-state index in [1.54, 1.807) is 37.5 Å². The van der Waals surface area contributed by atoms with Crippen molar-refractivity contribution in [3.05, 3.63) is 47.2 Å². The van der Waals surface area contributed by atoms with Gasteiger partial charge >= 0.3 is 6.09 Å². The molecule has 3 aromatic rings. The van der Waals surface area contributed by atoms with Crippen molar-refractivity contribution >= 4 is 35.3 Å². The topological polar surface area (TPSA) is 114 Å². The number of carbonyl (C=O) groups excluding carboxylic acids is 3. The third-order valence-corrected chi connectivity index (χ3v) is 7.42. The van der Waals surface area contributed by atoms with Crippen LogP contribution in [0.5, 0.6) is 0 Å². The molecule has 1 atom stereocenters. The number of fused-ring (bicyclic) bond motifs is 1. The van der Waals surface area contributed by atoms with Crippen molar-refractivity contribution in [3.63, 3.8) is 0 Å². The fraction of sp³-hybridized carbons (Fsp3) is 0.462. The minimum absolute atomic E-state index is 0.152. The molecule has 0 radical (unpaired) electrons. The Morgan fingerprint density at radius 1 is 1.08 bits per heavy atom. The number of piperazine rings is 1. The molecule has 0 saturated carbocycles. The molecule has 13 heteroatoms. The Balaban J connectivity index is 1.49. The number of ether oxygens (including phenoxy) is 1. The van der Waals surface area contributed by atoms with Gasteiger partial charge in [0.25, 0.3) is 5.91 Å². The van der Waals surface area contributed by atoms with E-state index in [2.05, 4.69) is 9.36 Å². The Hall–Kier alpha value is -3.87. The van der Waals surface area contributed by atoms with Crippen molar-refractivity contribution < 1.29 is 23.5 Å². The molecule has 2 aliphatic rings. The Morgan fingerprint density at radius 2 is 1.79 bits per heavy atom. The highest BCUT2D eigenvalue weighted by atomic mass is 32.1. The van der Waals surface area contributed by atoms with E-state index in [1.165, 1.54) is 40.7 Å². The van der Waals surface area contributed by atoms with Gasteiger partial charge in [0.15, 0.2) is 16.6 Å². The summed E-state index contributed by atoms with van der Waals surface area (Å²) in [5.41, 5.74) is 0.392. The summed E-state index contributed by atoms with van der Waals surface area (Å²) >= 11 is 1.22. The lowest BCUT2D eigenvalue weighted by Gasteiger charge is -2.38. The van der Waals surface area contributed by atoms with Crippen molar-refractivity contribution in [2.45, 2.75) is 52.8 Å². The lowest BCUT2D eigenvalue weighted by Crippen LogP contribution is -2.54. The van der Waals surface area contributed by atoms with E-state index < -0.39 is 23.6 Å². The zero-order chi connectivity index (χ0) is 28.1. The summed E-state index contributed by atoms with van der Waals surface area (Å²) in [7, 11) is 0. The molecule has 1 saturated heterocycles. The first-order valence-corrected chi connectivity index (χ1v) is 13.5. The van der Waals surface area contributed by atoms with Gasteiger partial charge in [-0.1, -0.05) is 0 Å². The Kier molecular flexibility index (Phi) is 6.87. The van der Waals surface area contributed by atoms with Crippen molar-refractivity contribution in [1.82, 2.24) is 28.7 Å². The first-order valence-electron chi connectivity index (χ1n) is 12.7. The first-order chi connectivity index (χ1) is 18.4. The van der Waals surface area contributed by atoms with Gasteiger partial charge in [-0.05, 0) is 70.4 Å². The molecule has 39 heavy (non-hydrogen) atoms. The summed E-state index contributed by atoms with van der Waals surface area (Å²) in [6.45, 7) is 10.2. The van der Waals surface area contributed by atoms with Crippen LogP contribution >= 0.6 is 11.5 Å². The van der Waals surface area contributed by atoms with Crippen LogP contribution in [0, 0.1) is 12.7 Å². The highest BCUT2D eigenvalue weighted by Gasteiger charge is 2.39. The molecule has 1 fully saturated rings. The van der Waals surface area contributed by atoms with Gasteiger partial charge in [-0.3, -0.25) is 19.4 Å². The second-order valence-corrected chi connectivity index (χ2v) is 11.3. The Morgan fingerprint density at radius 3 is 2.41 bits per heavy atom. The van der Waals surface area contributed by atoms with E-state index in [0.29, 0.717) is 46.8 Å². The highest BCUT2D eigenvalue weighted by molar-refractivity contribution is 7.09. The molecule has 2 aromatic heterocycles. The van der Waals surface area contributed by atoms with Gasteiger partial charge in [0.1, 0.15) is 23.8 Å². The van der Waals surface area contributed by atoms with Crippen LogP contribution in [-0.4, -0.2) is 78.4 Å². The van der Waals surface area contributed by atoms with Crippen molar-refractivity contribution in [3.8, 4) is 10.8 Å². The molecular formula is C26H30FN7O4S. The van der Waals surface area contributed by atoms with Gasteiger partial charge in [0.05, 0.1) is 11.7 Å². The minimum Gasteiger partial charge on any atom is -0.444 e. The number of hydrogen-bond donors (Lipinski definition) is 0. The molecule has 206 valence electrons. The number of amides is 3. The number of imidazole rings is 1. The molecule has 0 N–H and O–H groups in total. The zero-order valence-corrected chi connectivity index (χ0v) is 23.3. The standard InChI is InChI=1S/C26H30FN7O4S/c1-15-20-21(33-11-10-31(14-19(33)35)25(37)38-26(3,4)5)29-22(23-28-16(2)30-39-23)34(20)13-12-32(15)24(36)17-6-8-18(27)9-7-17/h6-9,15H,10-14H2,1-5H3. The summed E-state index contributed by atoms with van der Waals surface area (Å²) in [5, 5.41) is 0.616. The van der Waals surface area contributed by atoms with E-state index in [1.807, 2.05) is 11.5 Å². The average Bonchev–Trinajstić information content (AvgIpc) is 3.47. The third kappa shape index (κ3) is 5.22. The number of nitrogens with zero attached hydrogens (tertiary/aromatic N) is 7. The quantitative estimate of drug-likeness (QED) is 0.485. The molecule has 0 spiro atoms. The van der Waals surface area contributed by atoms with E-state index in [9.17, 15) is 18.8 Å². The normalized spacial score (nSPS) is 17.8. The molecule has 1 aromatic carbocycles. The Labute approximate surface area is 229 Å². The molecule has 4 heterocycles. The van der Waals surface area contributed by atoms with Crippen LogP contribution in [0.2, 0.25) is 0 Å². The van der Waals surface area contributed by atoms with E-state index in [0.717, 1.165) is 0 Å². The second kappa shape index (κ2) is 10.0. The average molecular weight is 556 g/mol. The van der Waals surface area contributed by atoms with Gasteiger partial charge in [0, 0.05) is 31.7 Å². The van der Waals surface area contributed by atoms with Crippen LogP contribution in [-0.2, 0) is 16.1 Å². The number of hydrogen-bond acceptors (Lipinski definition) is 8. The number of aryl methyl sites for hydroxylation is 1. The van der Waals surface area contributed by atoms with Crippen LogP contribution in [0.4, 0.5) is 15.0 Å². The molecule has 11 nitrogen and oxygen atoms in total. The smallest absolute Gasteiger partial charge is 0.410 e. The number of carbonyl (C=O) groups is 3. The molecule has 2 aliphatic heterocycles. The van der Waals surface area contributed by atoms with Crippen molar-refractivity contribution in [2.24, 2.45) is 0 Å². The maximum Gasteiger partial charge on any atom is 0.410 e. The van der Waals surface area contributed by atoms with Crippen LogP contribution in [0.3, 0.4) is 0 Å². The van der Waals surface area contributed by atoms with Crippen LogP contribution in [0.25, 0.3) is 10.8 Å². The Bertz CT molecular complexity index is 1430. The number of halogens is 1. The SMILES string of the molecule is Cc1nsc(-c2nc(N3CCN(C(=O)OC(C)(C)C)CC3=O)c3n2CCN(C(=O)c2ccc(F)cc2)C3C)n1. The van der Waals surface area contributed by atoms with Crippen LogP contribution in [0.1, 0.15) is 55.6 Å². The molecule has 3 amide bonds. The summed E-state index contributed by atoms with van der Waals surface area (Å²) in [5.74, 6) is 0.662. The fourth-order valence-corrected chi connectivity index (χ4v) is 5.48. The predicted octanol–water partition coefficient (Wildman–Crippen LogP) is 3.65. The molecule has 5 rings (SSSR count). The number of aromatic nitrogens is 4. The van der Waals surface area contributed by atoms with Crippen molar-refractivity contribution in [1.29, 1.82) is 0 Å². The molecule has 0 bridgehead atoms. The second-order valence-electron chi connectivity index (χ2n) is 10.6. The highest BCUT2D eigenvalue weighted by Crippen LogP contribution is 2.39. The van der Waals surface area contributed by atoms with E-state index >= 15 is 0 Å². The van der Waals surface area contributed by atoms with Gasteiger partial charge in [-0.2, -0.15) is 4.37 Å². The number of benzene rings is 1. The summed E-state index contributed by atoms with van der Waals surface area (Å²) in [6.07, 6.45) is -0.545. The van der Waals surface area contributed by atoms with Gasteiger partial charge in [0.2, 0.25) is 5.91 Å². The van der Waals surface area contributed by atoms with Crippen LogP contribution in [0.15, 0.2) is 24.3 Å². The minimum atomic E-state index is -0.676. The van der Waals surface area contributed by atoms with Gasteiger partial charge in [-0.15, -0.1) is 0 Å². The molecule has 1 unspecified atom stereocenters. The van der Waals surface area contributed by atoms with Crippen molar-refractivity contribution in [2.75, 3.05) is 31.1 Å². The maximum absolute atomic E-state index is 13.5. The van der Waals surface area contributed by atoms with Gasteiger partial charge in [-0.25, -0.2) is 19.2 Å². The van der Waals surface area contributed by atoms with E-state index in [-0.39, 0.29) is 31.4 Å². The first kappa shape index (κ1) is 26.7. The summed E-state index contributed by atoms with van der Waals surface area (Å²) < 4.78 is 25.2.